The average Bonchev–Trinajstić information content (AvgIpc) is 2.64. The SMILES string of the molecule is CC(C)C(NC/C=C/Cl)c1cccs1. The van der Waals surface area contributed by atoms with E-state index < -0.39 is 0 Å². The summed E-state index contributed by atoms with van der Waals surface area (Å²) in [6, 6.07) is 4.70. The smallest absolute Gasteiger partial charge is 0.0440 e. The van der Waals surface area contributed by atoms with Gasteiger partial charge in [0.15, 0.2) is 0 Å². The van der Waals surface area contributed by atoms with Gasteiger partial charge in [0.1, 0.15) is 0 Å². The zero-order valence-corrected chi connectivity index (χ0v) is 10.1. The summed E-state index contributed by atoms with van der Waals surface area (Å²) >= 11 is 7.27. The first kappa shape index (κ1) is 11.8. The summed E-state index contributed by atoms with van der Waals surface area (Å²) in [5, 5.41) is 5.58. The molecule has 0 aliphatic carbocycles. The Kier molecular flexibility index (Phi) is 5.23. The van der Waals surface area contributed by atoms with Crippen LogP contribution in [0.2, 0.25) is 0 Å². The highest BCUT2D eigenvalue weighted by molar-refractivity contribution is 7.10. The summed E-state index contributed by atoms with van der Waals surface area (Å²) in [6.07, 6.45) is 1.92. The van der Waals surface area contributed by atoms with Gasteiger partial charge in [-0.2, -0.15) is 0 Å². The molecule has 1 aromatic heterocycles. The van der Waals surface area contributed by atoms with Crippen LogP contribution in [-0.4, -0.2) is 6.54 Å². The first-order valence-electron chi connectivity index (χ1n) is 4.77. The van der Waals surface area contributed by atoms with Crippen LogP contribution in [0.1, 0.15) is 24.8 Å². The zero-order valence-electron chi connectivity index (χ0n) is 8.53. The minimum absolute atomic E-state index is 0.433. The molecule has 1 aromatic rings. The predicted octanol–water partition coefficient (Wildman–Crippen LogP) is 3.79. The molecule has 1 atom stereocenters. The van der Waals surface area contributed by atoms with Gasteiger partial charge in [-0.3, -0.25) is 0 Å². The fraction of sp³-hybridized carbons (Fsp3) is 0.455. The van der Waals surface area contributed by atoms with Crippen LogP contribution < -0.4 is 5.32 Å². The molecule has 0 bridgehead atoms. The van der Waals surface area contributed by atoms with Crippen molar-refractivity contribution in [3.05, 3.63) is 34.0 Å². The van der Waals surface area contributed by atoms with Crippen molar-refractivity contribution in [1.82, 2.24) is 5.32 Å². The van der Waals surface area contributed by atoms with Gasteiger partial charge < -0.3 is 5.32 Å². The van der Waals surface area contributed by atoms with Gasteiger partial charge in [-0.05, 0) is 17.4 Å². The van der Waals surface area contributed by atoms with Gasteiger partial charge in [0.25, 0.3) is 0 Å². The summed E-state index contributed by atoms with van der Waals surface area (Å²) in [4.78, 5) is 1.39. The summed E-state index contributed by atoms with van der Waals surface area (Å²) < 4.78 is 0. The molecule has 0 spiro atoms. The lowest BCUT2D eigenvalue weighted by Gasteiger charge is -2.20. The molecule has 0 fully saturated rings. The molecule has 0 aliphatic rings. The molecular weight excluding hydrogens is 214 g/mol. The fourth-order valence-corrected chi connectivity index (χ4v) is 2.44. The Labute approximate surface area is 94.8 Å². The van der Waals surface area contributed by atoms with Crippen LogP contribution in [0.5, 0.6) is 0 Å². The van der Waals surface area contributed by atoms with Crippen LogP contribution in [0.25, 0.3) is 0 Å². The van der Waals surface area contributed by atoms with E-state index in [1.54, 1.807) is 16.9 Å². The number of hydrogen-bond donors (Lipinski definition) is 1. The molecule has 1 unspecified atom stereocenters. The maximum absolute atomic E-state index is 5.47. The van der Waals surface area contributed by atoms with Crippen LogP contribution >= 0.6 is 22.9 Å². The van der Waals surface area contributed by atoms with Crippen LogP contribution in [0.4, 0.5) is 0 Å². The van der Waals surface area contributed by atoms with Gasteiger partial charge in [0.2, 0.25) is 0 Å². The molecule has 0 radical (unpaired) electrons. The Balaban J connectivity index is 2.56. The minimum Gasteiger partial charge on any atom is -0.305 e. The Hall–Kier alpha value is -0.310. The third-order valence-electron chi connectivity index (χ3n) is 2.06. The van der Waals surface area contributed by atoms with Gasteiger partial charge in [0.05, 0.1) is 0 Å². The molecule has 0 aliphatic heterocycles. The lowest BCUT2D eigenvalue weighted by Crippen LogP contribution is -2.24. The number of halogens is 1. The van der Waals surface area contributed by atoms with E-state index in [4.69, 9.17) is 11.6 Å². The molecule has 3 heteroatoms. The van der Waals surface area contributed by atoms with Gasteiger partial charge in [-0.25, -0.2) is 0 Å². The predicted molar refractivity (Wildman–Crippen MR) is 64.9 cm³/mol. The molecule has 14 heavy (non-hydrogen) atoms. The van der Waals surface area contributed by atoms with E-state index in [2.05, 4.69) is 36.7 Å². The van der Waals surface area contributed by atoms with E-state index in [1.165, 1.54) is 4.88 Å². The van der Waals surface area contributed by atoms with E-state index >= 15 is 0 Å². The summed E-state index contributed by atoms with van der Waals surface area (Å²) in [7, 11) is 0. The third kappa shape index (κ3) is 3.45. The topological polar surface area (TPSA) is 12.0 Å². The molecule has 1 rings (SSSR count). The maximum Gasteiger partial charge on any atom is 0.0440 e. The van der Waals surface area contributed by atoms with Crippen LogP contribution in [0.3, 0.4) is 0 Å². The summed E-state index contributed by atoms with van der Waals surface area (Å²) in [5.74, 6) is 0.595. The molecular formula is C11H16ClNS. The zero-order chi connectivity index (χ0) is 10.4. The molecule has 1 nitrogen and oxygen atoms in total. The Morgan fingerprint density at radius 2 is 2.36 bits per heavy atom. The van der Waals surface area contributed by atoms with Crippen LogP contribution in [0, 0.1) is 5.92 Å². The minimum atomic E-state index is 0.433. The molecule has 0 saturated heterocycles. The number of thiophene rings is 1. The first-order valence-corrected chi connectivity index (χ1v) is 6.09. The van der Waals surface area contributed by atoms with Crippen LogP contribution in [-0.2, 0) is 0 Å². The molecule has 1 N–H and O–H groups in total. The van der Waals surface area contributed by atoms with Crippen molar-refractivity contribution in [2.75, 3.05) is 6.54 Å². The van der Waals surface area contributed by atoms with Crippen LogP contribution in [0.15, 0.2) is 29.1 Å². The van der Waals surface area contributed by atoms with E-state index in [1.807, 2.05) is 6.08 Å². The summed E-state index contributed by atoms with van der Waals surface area (Å²) in [5.41, 5.74) is 1.55. The quantitative estimate of drug-likeness (QED) is 0.810. The largest absolute Gasteiger partial charge is 0.305 e. The van der Waals surface area contributed by atoms with Gasteiger partial charge in [-0.15, -0.1) is 11.3 Å². The molecule has 1 heterocycles. The van der Waals surface area contributed by atoms with Crippen molar-refractivity contribution < 1.29 is 0 Å². The second-order valence-electron chi connectivity index (χ2n) is 3.51. The third-order valence-corrected chi connectivity index (χ3v) is 3.19. The lowest BCUT2D eigenvalue weighted by atomic mass is 10.0. The van der Waals surface area contributed by atoms with Crippen molar-refractivity contribution in [2.45, 2.75) is 19.9 Å². The van der Waals surface area contributed by atoms with Crippen molar-refractivity contribution in [2.24, 2.45) is 5.92 Å². The number of rotatable bonds is 5. The summed E-state index contributed by atoms with van der Waals surface area (Å²) in [6.45, 7) is 5.27. The number of hydrogen-bond acceptors (Lipinski definition) is 2. The van der Waals surface area contributed by atoms with E-state index in [-0.39, 0.29) is 0 Å². The maximum atomic E-state index is 5.47. The standard InChI is InChI=1S/C11H16ClNS/c1-9(2)11(13-7-4-6-12)10-5-3-8-14-10/h3-6,8-9,11,13H,7H2,1-2H3/b6-4+. The molecule has 0 aromatic carbocycles. The van der Waals surface area contributed by atoms with E-state index in [0.717, 1.165) is 6.54 Å². The highest BCUT2D eigenvalue weighted by Gasteiger charge is 2.14. The van der Waals surface area contributed by atoms with Gasteiger partial charge in [0, 0.05) is 23.0 Å². The normalized spacial score (nSPS) is 14.0. The van der Waals surface area contributed by atoms with E-state index in [0.29, 0.717) is 12.0 Å². The van der Waals surface area contributed by atoms with Gasteiger partial charge >= 0.3 is 0 Å². The van der Waals surface area contributed by atoms with E-state index in [9.17, 15) is 0 Å². The van der Waals surface area contributed by atoms with Crippen molar-refractivity contribution in [1.29, 1.82) is 0 Å². The van der Waals surface area contributed by atoms with Crippen molar-refractivity contribution >= 4 is 22.9 Å². The highest BCUT2D eigenvalue weighted by Crippen LogP contribution is 2.25. The molecule has 78 valence electrons. The Morgan fingerprint density at radius 3 is 2.86 bits per heavy atom. The van der Waals surface area contributed by atoms with Gasteiger partial charge in [-0.1, -0.05) is 37.6 Å². The Bertz CT molecular complexity index is 267. The molecule has 0 amide bonds. The number of nitrogens with one attached hydrogen (secondary N) is 1. The second kappa shape index (κ2) is 6.23. The van der Waals surface area contributed by atoms with Crippen molar-refractivity contribution in [3.8, 4) is 0 Å². The Morgan fingerprint density at radius 1 is 1.57 bits per heavy atom. The highest BCUT2D eigenvalue weighted by atomic mass is 35.5. The monoisotopic (exact) mass is 229 g/mol. The van der Waals surface area contributed by atoms with Crippen molar-refractivity contribution in [3.63, 3.8) is 0 Å². The lowest BCUT2D eigenvalue weighted by molar-refractivity contribution is 0.435. The first-order chi connectivity index (χ1) is 6.75. The molecule has 0 saturated carbocycles. The second-order valence-corrected chi connectivity index (χ2v) is 4.74. The fourth-order valence-electron chi connectivity index (χ4n) is 1.37. The average molecular weight is 230 g/mol.